The van der Waals surface area contributed by atoms with Crippen LogP contribution in [-0.4, -0.2) is 35.3 Å². The number of nitrogens with one attached hydrogen (secondary N) is 1. The van der Waals surface area contributed by atoms with E-state index in [0.29, 0.717) is 6.54 Å². The SMILES string of the molecule is CCNc1nc(SCC(=O)OC)cc(C(F)(F)F)n1. The van der Waals surface area contributed by atoms with E-state index >= 15 is 0 Å². The molecule has 0 unspecified atom stereocenters. The van der Waals surface area contributed by atoms with Gasteiger partial charge >= 0.3 is 12.1 Å². The lowest BCUT2D eigenvalue weighted by Crippen LogP contribution is -2.13. The molecule has 0 aliphatic carbocycles. The minimum absolute atomic E-state index is 0.0590. The highest BCUT2D eigenvalue weighted by Crippen LogP contribution is 2.30. The summed E-state index contributed by atoms with van der Waals surface area (Å²) in [4.78, 5) is 18.2. The van der Waals surface area contributed by atoms with Crippen LogP contribution in [0.5, 0.6) is 0 Å². The fourth-order valence-electron chi connectivity index (χ4n) is 1.07. The van der Waals surface area contributed by atoms with E-state index in [0.717, 1.165) is 17.8 Å². The molecule has 0 fully saturated rings. The second kappa shape index (κ2) is 6.60. The maximum absolute atomic E-state index is 12.6. The van der Waals surface area contributed by atoms with Crippen LogP contribution < -0.4 is 5.32 Å². The molecule has 9 heteroatoms. The van der Waals surface area contributed by atoms with Gasteiger partial charge in [-0.1, -0.05) is 11.8 Å². The molecule has 0 aliphatic heterocycles. The van der Waals surface area contributed by atoms with Crippen LogP contribution in [0.4, 0.5) is 19.1 Å². The first kappa shape index (κ1) is 15.5. The number of carbonyl (C=O) groups is 1. The number of aromatic nitrogens is 2. The standard InChI is InChI=1S/C10H12F3N3O2S/c1-3-14-9-15-6(10(11,12)13)4-7(16-9)19-5-8(17)18-2/h4H,3,5H2,1-2H3,(H,14,15,16). The van der Waals surface area contributed by atoms with Gasteiger partial charge in [0.2, 0.25) is 5.95 Å². The number of anilines is 1. The summed E-state index contributed by atoms with van der Waals surface area (Å²) in [7, 11) is 1.20. The number of thioether (sulfide) groups is 1. The highest BCUT2D eigenvalue weighted by atomic mass is 32.2. The molecule has 0 aliphatic rings. The number of rotatable bonds is 5. The fourth-order valence-corrected chi connectivity index (χ4v) is 1.80. The third-order valence-corrected chi connectivity index (χ3v) is 2.78. The van der Waals surface area contributed by atoms with Crippen LogP contribution in [0, 0.1) is 0 Å². The van der Waals surface area contributed by atoms with E-state index in [1.807, 2.05) is 0 Å². The van der Waals surface area contributed by atoms with E-state index in [2.05, 4.69) is 20.0 Å². The first-order valence-electron chi connectivity index (χ1n) is 5.26. The first-order valence-corrected chi connectivity index (χ1v) is 6.25. The number of ether oxygens (including phenoxy) is 1. The summed E-state index contributed by atoms with van der Waals surface area (Å²) in [5, 5.41) is 2.67. The van der Waals surface area contributed by atoms with Crippen molar-refractivity contribution in [3.63, 3.8) is 0 Å². The van der Waals surface area contributed by atoms with Gasteiger partial charge in [-0.05, 0) is 6.92 Å². The van der Waals surface area contributed by atoms with Crippen molar-refractivity contribution < 1.29 is 22.7 Å². The van der Waals surface area contributed by atoms with Crippen molar-refractivity contribution in [3.8, 4) is 0 Å². The minimum atomic E-state index is -4.56. The Morgan fingerprint density at radius 1 is 1.47 bits per heavy atom. The lowest BCUT2D eigenvalue weighted by molar-refractivity contribution is -0.141. The van der Waals surface area contributed by atoms with E-state index in [9.17, 15) is 18.0 Å². The normalized spacial score (nSPS) is 11.2. The van der Waals surface area contributed by atoms with Crippen molar-refractivity contribution in [2.45, 2.75) is 18.1 Å². The third-order valence-electron chi connectivity index (χ3n) is 1.89. The molecule has 0 bridgehead atoms. The van der Waals surface area contributed by atoms with Crippen LogP contribution in [0.25, 0.3) is 0 Å². The zero-order valence-electron chi connectivity index (χ0n) is 10.2. The quantitative estimate of drug-likeness (QED) is 0.510. The Kier molecular flexibility index (Phi) is 5.40. The summed E-state index contributed by atoms with van der Waals surface area (Å²) < 4.78 is 42.3. The molecule has 19 heavy (non-hydrogen) atoms. The molecule has 1 aromatic heterocycles. The molecule has 5 nitrogen and oxygen atoms in total. The monoisotopic (exact) mass is 295 g/mol. The Hall–Kier alpha value is -1.51. The van der Waals surface area contributed by atoms with Gasteiger partial charge < -0.3 is 10.1 Å². The predicted molar refractivity (Wildman–Crippen MR) is 63.9 cm³/mol. The number of nitrogens with zero attached hydrogens (tertiary/aromatic N) is 2. The largest absolute Gasteiger partial charge is 0.468 e. The first-order chi connectivity index (χ1) is 8.86. The van der Waals surface area contributed by atoms with Crippen LogP contribution in [0.3, 0.4) is 0 Å². The van der Waals surface area contributed by atoms with Crippen LogP contribution in [0.2, 0.25) is 0 Å². The molecule has 0 aromatic carbocycles. The molecule has 0 saturated heterocycles. The summed E-state index contributed by atoms with van der Waals surface area (Å²) in [6, 6.07) is 0.800. The average Bonchev–Trinajstić information content (AvgIpc) is 2.35. The van der Waals surface area contributed by atoms with Crippen molar-refractivity contribution in [1.29, 1.82) is 0 Å². The Bertz CT molecular complexity index is 454. The van der Waals surface area contributed by atoms with Gasteiger partial charge in [-0.25, -0.2) is 9.97 Å². The zero-order chi connectivity index (χ0) is 14.5. The maximum atomic E-state index is 12.6. The number of carbonyl (C=O) groups excluding carboxylic acids is 1. The van der Waals surface area contributed by atoms with Crippen LogP contribution >= 0.6 is 11.8 Å². The molecule has 0 saturated carbocycles. The van der Waals surface area contributed by atoms with Crippen LogP contribution in [-0.2, 0) is 15.7 Å². The molecular weight excluding hydrogens is 283 g/mol. The number of methoxy groups -OCH3 is 1. The summed E-state index contributed by atoms with van der Waals surface area (Å²) in [5.41, 5.74) is -1.05. The third kappa shape index (κ3) is 4.93. The van der Waals surface area contributed by atoms with Gasteiger partial charge in [-0.3, -0.25) is 4.79 Å². The Morgan fingerprint density at radius 2 is 2.16 bits per heavy atom. The van der Waals surface area contributed by atoms with Gasteiger partial charge in [-0.15, -0.1) is 0 Å². The molecule has 0 radical (unpaired) electrons. The van der Waals surface area contributed by atoms with Gasteiger partial charge in [0.05, 0.1) is 12.9 Å². The molecule has 1 aromatic rings. The lowest BCUT2D eigenvalue weighted by atomic mass is 10.4. The van der Waals surface area contributed by atoms with Crippen LogP contribution in [0.1, 0.15) is 12.6 Å². The number of esters is 1. The molecule has 0 atom stereocenters. The average molecular weight is 295 g/mol. The summed E-state index contributed by atoms with van der Waals surface area (Å²) in [6.07, 6.45) is -4.56. The van der Waals surface area contributed by atoms with Crippen molar-refractivity contribution in [3.05, 3.63) is 11.8 Å². The van der Waals surface area contributed by atoms with Crippen molar-refractivity contribution in [2.24, 2.45) is 0 Å². The smallest absolute Gasteiger partial charge is 0.433 e. The number of alkyl halides is 3. The second-order valence-electron chi connectivity index (χ2n) is 3.31. The van der Waals surface area contributed by atoms with Gasteiger partial charge in [0, 0.05) is 12.6 Å². The lowest BCUT2D eigenvalue weighted by Gasteiger charge is -2.10. The summed E-state index contributed by atoms with van der Waals surface area (Å²) >= 11 is 0.858. The zero-order valence-corrected chi connectivity index (χ0v) is 11.1. The van der Waals surface area contributed by atoms with E-state index in [-0.39, 0.29) is 16.7 Å². The van der Waals surface area contributed by atoms with Crippen LogP contribution in [0.15, 0.2) is 11.1 Å². The Morgan fingerprint density at radius 3 is 2.68 bits per heavy atom. The van der Waals surface area contributed by atoms with Gasteiger partial charge in [0.1, 0.15) is 5.03 Å². The molecule has 0 spiro atoms. The van der Waals surface area contributed by atoms with Crippen molar-refractivity contribution >= 4 is 23.7 Å². The molecule has 1 heterocycles. The molecule has 1 N–H and O–H groups in total. The topological polar surface area (TPSA) is 64.1 Å². The summed E-state index contributed by atoms with van der Waals surface area (Å²) in [5.74, 6) is -0.775. The highest BCUT2D eigenvalue weighted by Gasteiger charge is 2.33. The van der Waals surface area contributed by atoms with Gasteiger partial charge in [0.15, 0.2) is 5.69 Å². The number of halogens is 3. The maximum Gasteiger partial charge on any atom is 0.433 e. The molecule has 0 amide bonds. The van der Waals surface area contributed by atoms with E-state index in [4.69, 9.17) is 0 Å². The Balaban J connectivity index is 2.96. The highest BCUT2D eigenvalue weighted by molar-refractivity contribution is 7.99. The predicted octanol–water partition coefficient (Wildman–Crippen LogP) is 2.19. The second-order valence-corrected chi connectivity index (χ2v) is 4.30. The van der Waals surface area contributed by atoms with Crippen molar-refractivity contribution in [2.75, 3.05) is 24.7 Å². The van der Waals surface area contributed by atoms with E-state index in [1.165, 1.54) is 7.11 Å². The Labute approximate surface area is 112 Å². The summed E-state index contributed by atoms with van der Waals surface area (Å²) in [6.45, 7) is 2.10. The minimum Gasteiger partial charge on any atom is -0.468 e. The molecule has 1 rings (SSSR count). The molecule has 106 valence electrons. The fraction of sp³-hybridized carbons (Fsp3) is 0.500. The molecular formula is C10H12F3N3O2S. The van der Waals surface area contributed by atoms with Crippen molar-refractivity contribution in [1.82, 2.24) is 9.97 Å². The van der Waals surface area contributed by atoms with E-state index < -0.39 is 17.8 Å². The number of hydrogen-bond donors (Lipinski definition) is 1. The van der Waals surface area contributed by atoms with Gasteiger partial charge in [0.25, 0.3) is 0 Å². The number of hydrogen-bond acceptors (Lipinski definition) is 6. The van der Waals surface area contributed by atoms with E-state index in [1.54, 1.807) is 6.92 Å². The van der Waals surface area contributed by atoms with Gasteiger partial charge in [-0.2, -0.15) is 13.2 Å².